The number of benzene rings is 1. The minimum Gasteiger partial charge on any atom is -0.360 e. The van der Waals surface area contributed by atoms with Crippen molar-refractivity contribution in [3.63, 3.8) is 0 Å². The number of hydrogen-bond acceptors (Lipinski definition) is 4. The summed E-state index contributed by atoms with van der Waals surface area (Å²) in [5, 5.41) is 14.7. The molecule has 6 heteroatoms. The van der Waals surface area contributed by atoms with E-state index in [-0.39, 0.29) is 11.7 Å². The van der Waals surface area contributed by atoms with Crippen molar-refractivity contribution in [3.8, 4) is 0 Å². The second-order valence-corrected chi connectivity index (χ2v) is 5.58. The SMILES string of the molecule is CCC1CN(c2cc(C)c(F)cc2[N+](=O)[O-])C(CC)CN1. The van der Waals surface area contributed by atoms with Crippen molar-refractivity contribution in [2.45, 2.75) is 45.7 Å². The molecule has 1 aromatic carbocycles. The standard InChI is InChI=1S/C15H22FN3O2/c1-4-11-9-18(12(5-2)8-17-11)14-6-10(3)13(16)7-15(14)19(20)21/h6-7,11-12,17H,4-5,8-9H2,1-3H3. The number of nitrogens with zero attached hydrogens (tertiary/aromatic N) is 2. The number of anilines is 1. The molecule has 1 aliphatic heterocycles. The molecule has 0 amide bonds. The van der Waals surface area contributed by atoms with Gasteiger partial charge in [-0.1, -0.05) is 13.8 Å². The maximum atomic E-state index is 13.7. The van der Waals surface area contributed by atoms with Crippen LogP contribution in [0.15, 0.2) is 12.1 Å². The van der Waals surface area contributed by atoms with Crippen molar-refractivity contribution in [1.82, 2.24) is 5.32 Å². The molecule has 0 aromatic heterocycles. The highest BCUT2D eigenvalue weighted by Gasteiger charge is 2.31. The summed E-state index contributed by atoms with van der Waals surface area (Å²) in [6, 6.07) is 3.14. The van der Waals surface area contributed by atoms with Crippen molar-refractivity contribution in [2.24, 2.45) is 0 Å². The normalized spacial score (nSPS) is 22.4. The highest BCUT2D eigenvalue weighted by atomic mass is 19.1. The van der Waals surface area contributed by atoms with Crippen molar-refractivity contribution < 1.29 is 9.31 Å². The quantitative estimate of drug-likeness (QED) is 0.685. The highest BCUT2D eigenvalue weighted by molar-refractivity contribution is 5.65. The van der Waals surface area contributed by atoms with E-state index in [0.717, 1.165) is 25.5 Å². The van der Waals surface area contributed by atoms with E-state index in [1.165, 1.54) is 0 Å². The molecular weight excluding hydrogens is 273 g/mol. The minimum atomic E-state index is -0.527. The molecule has 0 aliphatic carbocycles. The number of nitro benzene ring substituents is 1. The van der Waals surface area contributed by atoms with E-state index in [1.54, 1.807) is 13.0 Å². The number of rotatable bonds is 4. The van der Waals surface area contributed by atoms with Gasteiger partial charge in [-0.15, -0.1) is 0 Å². The summed E-state index contributed by atoms with van der Waals surface area (Å²) in [5.74, 6) is -0.527. The van der Waals surface area contributed by atoms with Crippen LogP contribution in [0.3, 0.4) is 0 Å². The molecule has 1 N–H and O–H groups in total. The van der Waals surface area contributed by atoms with Gasteiger partial charge in [0.2, 0.25) is 0 Å². The zero-order valence-electron chi connectivity index (χ0n) is 12.7. The summed E-state index contributed by atoms with van der Waals surface area (Å²) < 4.78 is 13.7. The molecule has 1 aliphatic rings. The number of nitro groups is 1. The molecular formula is C15H22FN3O2. The molecule has 1 fully saturated rings. The van der Waals surface area contributed by atoms with E-state index >= 15 is 0 Å². The molecule has 2 rings (SSSR count). The fourth-order valence-corrected chi connectivity index (χ4v) is 2.83. The highest BCUT2D eigenvalue weighted by Crippen LogP contribution is 2.33. The second-order valence-electron chi connectivity index (χ2n) is 5.58. The number of halogens is 1. The predicted molar refractivity (Wildman–Crippen MR) is 81.3 cm³/mol. The first kappa shape index (κ1) is 15.7. The lowest BCUT2D eigenvalue weighted by atomic mass is 10.0. The lowest BCUT2D eigenvalue weighted by Crippen LogP contribution is -2.56. The molecule has 21 heavy (non-hydrogen) atoms. The maximum absolute atomic E-state index is 13.7. The number of nitrogens with one attached hydrogen (secondary N) is 1. The first-order chi connectivity index (χ1) is 9.97. The predicted octanol–water partition coefficient (Wildman–Crippen LogP) is 3.01. The van der Waals surface area contributed by atoms with Gasteiger partial charge >= 0.3 is 0 Å². The zero-order chi connectivity index (χ0) is 15.6. The van der Waals surface area contributed by atoms with Gasteiger partial charge in [0.1, 0.15) is 11.5 Å². The first-order valence-electron chi connectivity index (χ1n) is 7.42. The summed E-state index contributed by atoms with van der Waals surface area (Å²) in [4.78, 5) is 12.8. The van der Waals surface area contributed by atoms with Crippen molar-refractivity contribution in [2.75, 3.05) is 18.0 Å². The van der Waals surface area contributed by atoms with Gasteiger partial charge in [-0.05, 0) is 31.4 Å². The Bertz CT molecular complexity index is 536. The van der Waals surface area contributed by atoms with Gasteiger partial charge in [0.15, 0.2) is 0 Å². The molecule has 2 atom stereocenters. The molecule has 1 aromatic rings. The lowest BCUT2D eigenvalue weighted by molar-refractivity contribution is -0.384. The second kappa shape index (κ2) is 6.39. The van der Waals surface area contributed by atoms with Crippen LogP contribution in [0.2, 0.25) is 0 Å². The molecule has 1 heterocycles. The van der Waals surface area contributed by atoms with Crippen molar-refractivity contribution in [3.05, 3.63) is 33.6 Å². The van der Waals surface area contributed by atoms with Crippen LogP contribution in [0.1, 0.15) is 32.3 Å². The Morgan fingerprint density at radius 3 is 2.71 bits per heavy atom. The third kappa shape index (κ3) is 3.15. The van der Waals surface area contributed by atoms with Gasteiger partial charge in [0, 0.05) is 25.2 Å². The summed E-state index contributed by atoms with van der Waals surface area (Å²) in [6.07, 6.45) is 1.85. The fourth-order valence-electron chi connectivity index (χ4n) is 2.83. The Morgan fingerprint density at radius 1 is 1.43 bits per heavy atom. The van der Waals surface area contributed by atoms with Crippen LogP contribution in [0.25, 0.3) is 0 Å². The summed E-state index contributed by atoms with van der Waals surface area (Å²) in [5.41, 5.74) is 0.830. The van der Waals surface area contributed by atoms with Crippen LogP contribution in [0.5, 0.6) is 0 Å². The van der Waals surface area contributed by atoms with Gasteiger partial charge in [0.05, 0.1) is 11.0 Å². The number of piperazine rings is 1. The van der Waals surface area contributed by atoms with Crippen LogP contribution in [-0.4, -0.2) is 30.1 Å². The third-order valence-corrected chi connectivity index (χ3v) is 4.23. The molecule has 0 spiro atoms. The summed E-state index contributed by atoms with van der Waals surface area (Å²) in [6.45, 7) is 7.30. The minimum absolute atomic E-state index is 0.145. The molecule has 116 valence electrons. The maximum Gasteiger partial charge on any atom is 0.295 e. The van der Waals surface area contributed by atoms with E-state index in [4.69, 9.17) is 0 Å². The van der Waals surface area contributed by atoms with Crippen LogP contribution in [0.4, 0.5) is 15.8 Å². The molecule has 0 radical (unpaired) electrons. The van der Waals surface area contributed by atoms with Gasteiger partial charge in [0.25, 0.3) is 5.69 Å². The fraction of sp³-hybridized carbons (Fsp3) is 0.600. The first-order valence-corrected chi connectivity index (χ1v) is 7.42. The van der Waals surface area contributed by atoms with Crippen LogP contribution < -0.4 is 10.2 Å². The Kier molecular flexibility index (Phi) is 4.77. The molecule has 2 unspecified atom stereocenters. The molecule has 0 bridgehead atoms. The van der Waals surface area contributed by atoms with E-state index in [9.17, 15) is 14.5 Å². The van der Waals surface area contributed by atoms with Gasteiger partial charge in [-0.3, -0.25) is 10.1 Å². The van der Waals surface area contributed by atoms with E-state index < -0.39 is 10.7 Å². The Hall–Kier alpha value is -1.69. The number of aryl methyl sites for hydroxylation is 1. The van der Waals surface area contributed by atoms with Crippen LogP contribution >= 0.6 is 0 Å². The largest absolute Gasteiger partial charge is 0.360 e. The number of hydrogen-bond donors (Lipinski definition) is 1. The molecule has 0 saturated carbocycles. The summed E-state index contributed by atoms with van der Waals surface area (Å²) >= 11 is 0. The van der Waals surface area contributed by atoms with E-state index in [0.29, 0.717) is 23.8 Å². The Labute approximate surface area is 124 Å². The monoisotopic (exact) mass is 295 g/mol. The van der Waals surface area contributed by atoms with E-state index in [1.807, 2.05) is 0 Å². The average molecular weight is 295 g/mol. The Balaban J connectivity index is 2.46. The zero-order valence-corrected chi connectivity index (χ0v) is 12.7. The van der Waals surface area contributed by atoms with Gasteiger partial charge in [-0.2, -0.15) is 0 Å². The average Bonchev–Trinajstić information content (AvgIpc) is 2.48. The lowest BCUT2D eigenvalue weighted by Gasteiger charge is -2.41. The third-order valence-electron chi connectivity index (χ3n) is 4.23. The molecule has 5 nitrogen and oxygen atoms in total. The molecule has 1 saturated heterocycles. The van der Waals surface area contributed by atoms with Crippen LogP contribution in [0, 0.1) is 22.9 Å². The van der Waals surface area contributed by atoms with Gasteiger partial charge in [-0.25, -0.2) is 4.39 Å². The van der Waals surface area contributed by atoms with Crippen molar-refractivity contribution >= 4 is 11.4 Å². The topological polar surface area (TPSA) is 58.4 Å². The van der Waals surface area contributed by atoms with Crippen molar-refractivity contribution in [1.29, 1.82) is 0 Å². The van der Waals surface area contributed by atoms with Gasteiger partial charge < -0.3 is 10.2 Å². The smallest absolute Gasteiger partial charge is 0.295 e. The van der Waals surface area contributed by atoms with Crippen LogP contribution in [-0.2, 0) is 0 Å². The summed E-state index contributed by atoms with van der Waals surface area (Å²) in [7, 11) is 0. The van der Waals surface area contributed by atoms with E-state index in [2.05, 4.69) is 24.1 Å². The Morgan fingerprint density at radius 2 is 2.14 bits per heavy atom.